The first kappa shape index (κ1) is 30.8. The summed E-state index contributed by atoms with van der Waals surface area (Å²) >= 11 is 0. The van der Waals surface area contributed by atoms with Gasteiger partial charge >= 0.3 is 5.97 Å². The van der Waals surface area contributed by atoms with E-state index in [0.717, 1.165) is 29.5 Å². The van der Waals surface area contributed by atoms with Gasteiger partial charge in [0.05, 0.1) is 0 Å². The van der Waals surface area contributed by atoms with Gasteiger partial charge in [-0.25, -0.2) is 4.79 Å². The standard InChI is InChI=1S/C33H49N3O3/c1-5-6-13-27(36(4)26-14-8-7-9-15-26)19-17-25-18-20-29(30(23-25)28-16-11-10-12-24(28)2)32(37)35-31(33(38)39)21-22-34-3/h10-12,16,18,20,23,26-27,31,34H,5-9,13-15,17,19,21-22H2,1-4H3,(H,35,37)(H,38,39). The van der Waals surface area contributed by atoms with E-state index in [-0.39, 0.29) is 5.91 Å². The quantitative estimate of drug-likeness (QED) is 0.253. The van der Waals surface area contributed by atoms with Crippen LogP contribution in [0.15, 0.2) is 42.5 Å². The number of aliphatic carboxylic acids is 1. The first-order valence-electron chi connectivity index (χ1n) is 14.9. The van der Waals surface area contributed by atoms with E-state index in [0.29, 0.717) is 30.6 Å². The Morgan fingerprint density at radius 3 is 2.44 bits per heavy atom. The molecule has 0 bridgehead atoms. The molecule has 0 aliphatic heterocycles. The van der Waals surface area contributed by atoms with Gasteiger partial charge in [-0.05, 0) is 94.4 Å². The molecule has 0 aromatic heterocycles. The number of unbranched alkanes of at least 4 members (excludes halogenated alkanes) is 1. The second kappa shape index (κ2) is 15.8. The van der Waals surface area contributed by atoms with Gasteiger partial charge in [-0.3, -0.25) is 4.79 Å². The van der Waals surface area contributed by atoms with Crippen LogP contribution in [0.5, 0.6) is 0 Å². The fourth-order valence-corrected chi connectivity index (χ4v) is 5.94. The molecule has 3 rings (SSSR count). The van der Waals surface area contributed by atoms with Gasteiger partial charge in [0.1, 0.15) is 6.04 Å². The largest absolute Gasteiger partial charge is 0.480 e. The third-order valence-electron chi connectivity index (χ3n) is 8.43. The van der Waals surface area contributed by atoms with E-state index in [4.69, 9.17) is 0 Å². The number of nitrogens with one attached hydrogen (secondary N) is 2. The topological polar surface area (TPSA) is 81.7 Å². The molecule has 1 saturated carbocycles. The van der Waals surface area contributed by atoms with Gasteiger partial charge in [0, 0.05) is 17.6 Å². The number of carboxylic acids is 1. The summed E-state index contributed by atoms with van der Waals surface area (Å²) in [6.07, 6.45) is 12.7. The molecule has 2 atom stereocenters. The van der Waals surface area contributed by atoms with Crippen LogP contribution in [0, 0.1) is 6.92 Å². The van der Waals surface area contributed by atoms with Crippen molar-refractivity contribution < 1.29 is 14.7 Å². The number of rotatable bonds is 15. The van der Waals surface area contributed by atoms with Crippen LogP contribution >= 0.6 is 0 Å². The Balaban J connectivity index is 1.85. The smallest absolute Gasteiger partial charge is 0.326 e. The second-order valence-corrected chi connectivity index (χ2v) is 11.2. The van der Waals surface area contributed by atoms with Crippen LogP contribution in [0.2, 0.25) is 0 Å². The molecule has 6 nitrogen and oxygen atoms in total. The number of aryl methyl sites for hydroxylation is 2. The van der Waals surface area contributed by atoms with E-state index >= 15 is 0 Å². The maximum Gasteiger partial charge on any atom is 0.326 e. The zero-order valence-electron chi connectivity index (χ0n) is 24.5. The molecule has 1 amide bonds. The summed E-state index contributed by atoms with van der Waals surface area (Å²) in [7, 11) is 4.10. The molecular weight excluding hydrogens is 486 g/mol. The molecule has 214 valence electrons. The van der Waals surface area contributed by atoms with Crippen molar-refractivity contribution in [1.82, 2.24) is 15.5 Å². The second-order valence-electron chi connectivity index (χ2n) is 11.2. The predicted octanol–water partition coefficient (Wildman–Crippen LogP) is 6.21. The first-order valence-corrected chi connectivity index (χ1v) is 14.9. The van der Waals surface area contributed by atoms with Crippen LogP contribution in [0.4, 0.5) is 0 Å². The summed E-state index contributed by atoms with van der Waals surface area (Å²) in [6.45, 7) is 4.83. The predicted molar refractivity (Wildman–Crippen MR) is 160 cm³/mol. The van der Waals surface area contributed by atoms with Crippen LogP contribution < -0.4 is 10.6 Å². The van der Waals surface area contributed by atoms with Crippen molar-refractivity contribution in [3.63, 3.8) is 0 Å². The van der Waals surface area contributed by atoms with Crippen molar-refractivity contribution in [2.45, 2.75) is 103 Å². The van der Waals surface area contributed by atoms with Crippen LogP contribution in [0.1, 0.15) is 92.6 Å². The summed E-state index contributed by atoms with van der Waals surface area (Å²) in [5.41, 5.74) is 4.70. The summed E-state index contributed by atoms with van der Waals surface area (Å²) in [6, 6.07) is 14.5. The van der Waals surface area contributed by atoms with Gasteiger partial charge in [-0.1, -0.05) is 75.4 Å². The summed E-state index contributed by atoms with van der Waals surface area (Å²) in [5, 5.41) is 15.4. The van der Waals surface area contributed by atoms with E-state index in [1.54, 1.807) is 7.05 Å². The fraction of sp³-hybridized carbons (Fsp3) is 0.576. The molecule has 1 fully saturated rings. The molecule has 0 spiro atoms. The highest BCUT2D eigenvalue weighted by Crippen LogP contribution is 2.30. The molecule has 1 aliphatic carbocycles. The monoisotopic (exact) mass is 535 g/mol. The maximum absolute atomic E-state index is 13.4. The van der Waals surface area contributed by atoms with Crippen molar-refractivity contribution in [1.29, 1.82) is 0 Å². The molecule has 0 heterocycles. The highest BCUT2D eigenvalue weighted by Gasteiger charge is 2.25. The van der Waals surface area contributed by atoms with E-state index in [1.807, 2.05) is 24.3 Å². The Hall–Kier alpha value is -2.70. The van der Waals surface area contributed by atoms with Crippen molar-refractivity contribution in [2.24, 2.45) is 0 Å². The Morgan fingerprint density at radius 1 is 1.03 bits per heavy atom. The summed E-state index contributed by atoms with van der Waals surface area (Å²) < 4.78 is 0. The minimum Gasteiger partial charge on any atom is -0.480 e. The fourth-order valence-electron chi connectivity index (χ4n) is 5.94. The molecular formula is C33H49N3O3. The summed E-state index contributed by atoms with van der Waals surface area (Å²) in [5.74, 6) is -1.37. The molecule has 1 aliphatic rings. The summed E-state index contributed by atoms with van der Waals surface area (Å²) in [4.78, 5) is 27.8. The van der Waals surface area contributed by atoms with Crippen molar-refractivity contribution in [3.05, 3.63) is 59.2 Å². The third kappa shape index (κ3) is 8.91. The lowest BCUT2D eigenvalue weighted by atomic mass is 9.90. The van der Waals surface area contributed by atoms with Crippen molar-refractivity contribution in [2.75, 3.05) is 20.6 Å². The van der Waals surface area contributed by atoms with Crippen LogP contribution in [0.25, 0.3) is 11.1 Å². The minimum atomic E-state index is -1.02. The lowest BCUT2D eigenvalue weighted by molar-refractivity contribution is -0.139. The molecule has 2 aromatic rings. The maximum atomic E-state index is 13.4. The van der Waals surface area contributed by atoms with Crippen molar-refractivity contribution >= 4 is 11.9 Å². The van der Waals surface area contributed by atoms with Gasteiger partial charge in [-0.2, -0.15) is 0 Å². The van der Waals surface area contributed by atoms with Gasteiger partial charge in [0.15, 0.2) is 0 Å². The Morgan fingerprint density at radius 2 is 1.77 bits per heavy atom. The molecule has 2 unspecified atom stereocenters. The van der Waals surface area contributed by atoms with Gasteiger partial charge in [0.25, 0.3) is 5.91 Å². The van der Waals surface area contributed by atoms with Crippen LogP contribution in [0.3, 0.4) is 0 Å². The molecule has 0 radical (unpaired) electrons. The number of nitrogens with zero attached hydrogens (tertiary/aromatic N) is 1. The lowest BCUT2D eigenvalue weighted by Gasteiger charge is -2.37. The van der Waals surface area contributed by atoms with Crippen LogP contribution in [-0.4, -0.2) is 60.6 Å². The molecule has 39 heavy (non-hydrogen) atoms. The van der Waals surface area contributed by atoms with E-state index in [1.165, 1.54) is 56.9 Å². The number of hydrogen-bond acceptors (Lipinski definition) is 4. The highest BCUT2D eigenvalue weighted by atomic mass is 16.4. The Labute approximate surface area is 235 Å². The van der Waals surface area contributed by atoms with E-state index in [9.17, 15) is 14.7 Å². The Bertz CT molecular complexity index is 1060. The van der Waals surface area contributed by atoms with Crippen molar-refractivity contribution in [3.8, 4) is 11.1 Å². The number of benzene rings is 2. The third-order valence-corrected chi connectivity index (χ3v) is 8.43. The number of amides is 1. The number of carbonyl (C=O) groups is 2. The number of carboxylic acid groups (broad SMARTS) is 1. The average Bonchev–Trinajstić information content (AvgIpc) is 2.95. The lowest BCUT2D eigenvalue weighted by Crippen LogP contribution is -2.42. The number of carbonyl (C=O) groups excluding carboxylic acids is 1. The number of hydrogen-bond donors (Lipinski definition) is 3. The van der Waals surface area contributed by atoms with Gasteiger partial charge in [-0.15, -0.1) is 0 Å². The Kier molecular flexibility index (Phi) is 12.5. The van der Waals surface area contributed by atoms with E-state index in [2.05, 4.69) is 54.6 Å². The molecule has 2 aromatic carbocycles. The normalized spacial score (nSPS) is 15.7. The molecule has 0 saturated heterocycles. The van der Waals surface area contributed by atoms with Gasteiger partial charge < -0.3 is 20.6 Å². The molecule has 6 heteroatoms. The van der Waals surface area contributed by atoms with Crippen LogP contribution in [-0.2, 0) is 11.2 Å². The average molecular weight is 536 g/mol. The highest BCUT2D eigenvalue weighted by molar-refractivity contribution is 6.02. The van der Waals surface area contributed by atoms with E-state index < -0.39 is 12.0 Å². The SMILES string of the molecule is CCCCC(CCc1ccc(C(=O)NC(CCNC)C(=O)O)c(-c2ccccc2C)c1)N(C)C1CCCCC1. The zero-order valence-corrected chi connectivity index (χ0v) is 24.5. The first-order chi connectivity index (χ1) is 18.8. The zero-order chi connectivity index (χ0) is 28.2. The minimum absolute atomic E-state index is 0.322. The molecule has 3 N–H and O–H groups in total. The van der Waals surface area contributed by atoms with Gasteiger partial charge in [0.2, 0.25) is 0 Å².